The zero-order valence-corrected chi connectivity index (χ0v) is 9.70. The number of aryl methyl sites for hydroxylation is 1. The third kappa shape index (κ3) is 4.74. The summed E-state index contributed by atoms with van der Waals surface area (Å²) in [5, 5.41) is 3.63. The molecule has 102 valence electrons. The van der Waals surface area contributed by atoms with Gasteiger partial charge in [-0.1, -0.05) is 6.42 Å². The van der Waals surface area contributed by atoms with Crippen molar-refractivity contribution in [2.24, 2.45) is 5.84 Å². The van der Waals surface area contributed by atoms with Gasteiger partial charge in [0.25, 0.3) is 0 Å². The van der Waals surface area contributed by atoms with E-state index in [4.69, 9.17) is 5.84 Å². The van der Waals surface area contributed by atoms with Crippen LogP contribution < -0.4 is 11.3 Å². The van der Waals surface area contributed by atoms with Crippen LogP contribution >= 0.6 is 0 Å². The molecule has 18 heavy (non-hydrogen) atoms. The monoisotopic (exact) mass is 264 g/mol. The number of amides is 1. The minimum absolute atomic E-state index is 0.242. The summed E-state index contributed by atoms with van der Waals surface area (Å²) in [5.74, 6) is 4.66. The zero-order chi connectivity index (χ0) is 13.6. The second kappa shape index (κ2) is 6.39. The zero-order valence-electron chi connectivity index (χ0n) is 9.70. The van der Waals surface area contributed by atoms with E-state index in [9.17, 15) is 18.0 Å². The summed E-state index contributed by atoms with van der Waals surface area (Å²) < 4.78 is 38.0. The van der Waals surface area contributed by atoms with Crippen molar-refractivity contribution in [1.29, 1.82) is 0 Å². The lowest BCUT2D eigenvalue weighted by Crippen LogP contribution is -2.29. The number of nitrogens with one attached hydrogen (secondary N) is 1. The Kier molecular flexibility index (Phi) is 5.14. The predicted molar refractivity (Wildman–Crippen MR) is 58.0 cm³/mol. The van der Waals surface area contributed by atoms with Crippen molar-refractivity contribution >= 4 is 5.91 Å². The van der Waals surface area contributed by atoms with Gasteiger partial charge in [-0.05, 0) is 12.8 Å². The van der Waals surface area contributed by atoms with Crippen LogP contribution in [0.3, 0.4) is 0 Å². The number of alkyl halides is 3. The first-order valence-electron chi connectivity index (χ1n) is 5.52. The van der Waals surface area contributed by atoms with E-state index in [0.29, 0.717) is 25.8 Å². The van der Waals surface area contributed by atoms with E-state index >= 15 is 0 Å². The van der Waals surface area contributed by atoms with E-state index in [0.717, 1.165) is 18.8 Å². The van der Waals surface area contributed by atoms with Gasteiger partial charge in [-0.2, -0.15) is 18.3 Å². The summed E-state index contributed by atoms with van der Waals surface area (Å²) in [6.07, 6.45) is -0.197. The average molecular weight is 264 g/mol. The Morgan fingerprint density at radius 1 is 1.39 bits per heavy atom. The van der Waals surface area contributed by atoms with E-state index in [1.165, 1.54) is 4.68 Å². The number of hydrazine groups is 1. The van der Waals surface area contributed by atoms with Crippen LogP contribution in [0.5, 0.6) is 0 Å². The minimum atomic E-state index is -4.35. The molecular formula is C10H15F3N4O. The average Bonchev–Trinajstić information content (AvgIpc) is 2.76. The lowest BCUT2D eigenvalue weighted by atomic mass is 10.2. The van der Waals surface area contributed by atoms with Crippen molar-refractivity contribution in [2.45, 2.75) is 38.4 Å². The highest BCUT2D eigenvalue weighted by Gasteiger charge is 2.31. The van der Waals surface area contributed by atoms with Gasteiger partial charge < -0.3 is 0 Å². The Morgan fingerprint density at radius 2 is 2.11 bits per heavy atom. The van der Waals surface area contributed by atoms with Crippen LogP contribution in [0, 0.1) is 0 Å². The van der Waals surface area contributed by atoms with Gasteiger partial charge >= 0.3 is 6.18 Å². The maximum absolute atomic E-state index is 12.3. The molecule has 0 fully saturated rings. The third-order valence-electron chi connectivity index (χ3n) is 2.41. The lowest BCUT2D eigenvalue weighted by molar-refractivity contribution is -0.137. The van der Waals surface area contributed by atoms with Gasteiger partial charge in [-0.15, -0.1) is 0 Å². The van der Waals surface area contributed by atoms with Crippen LogP contribution in [0.4, 0.5) is 13.2 Å². The highest BCUT2D eigenvalue weighted by molar-refractivity contribution is 5.74. The van der Waals surface area contributed by atoms with Crippen molar-refractivity contribution in [3.8, 4) is 0 Å². The smallest absolute Gasteiger partial charge is 0.294 e. The van der Waals surface area contributed by atoms with Gasteiger partial charge in [0, 0.05) is 19.2 Å². The van der Waals surface area contributed by atoms with Crippen LogP contribution in [0.2, 0.25) is 0 Å². The molecule has 0 unspecified atom stereocenters. The fourth-order valence-corrected chi connectivity index (χ4v) is 1.44. The Hall–Kier alpha value is -1.57. The molecule has 1 rings (SSSR count). The molecule has 0 aromatic carbocycles. The fraction of sp³-hybridized carbons (Fsp3) is 0.600. The molecule has 0 aliphatic carbocycles. The molecule has 1 aromatic rings. The molecule has 1 aromatic heterocycles. The number of halogens is 3. The molecule has 0 aliphatic heterocycles. The van der Waals surface area contributed by atoms with Crippen molar-refractivity contribution in [2.75, 3.05) is 0 Å². The predicted octanol–water partition coefficient (Wildman–Crippen LogP) is 1.45. The Bertz CT molecular complexity index is 389. The SMILES string of the molecule is NNC(=O)CCCCCn1cc(C(F)(F)F)cn1. The van der Waals surface area contributed by atoms with E-state index in [1.807, 2.05) is 5.43 Å². The number of rotatable bonds is 6. The third-order valence-corrected chi connectivity index (χ3v) is 2.41. The summed E-state index contributed by atoms with van der Waals surface area (Å²) in [6, 6.07) is 0. The first kappa shape index (κ1) is 14.5. The van der Waals surface area contributed by atoms with Crippen LogP contribution in [0.15, 0.2) is 12.4 Å². The van der Waals surface area contributed by atoms with Crippen molar-refractivity contribution < 1.29 is 18.0 Å². The summed E-state index contributed by atoms with van der Waals surface area (Å²) in [7, 11) is 0. The molecule has 0 radical (unpaired) electrons. The number of unbranched alkanes of at least 4 members (excludes halogenated alkanes) is 2. The largest absolute Gasteiger partial charge is 0.419 e. The first-order chi connectivity index (χ1) is 8.43. The summed E-state index contributed by atoms with van der Waals surface area (Å²) in [5.41, 5.74) is 1.27. The van der Waals surface area contributed by atoms with E-state index in [-0.39, 0.29) is 5.91 Å². The van der Waals surface area contributed by atoms with Crippen LogP contribution in [-0.4, -0.2) is 15.7 Å². The van der Waals surface area contributed by atoms with Gasteiger partial charge in [0.05, 0.1) is 11.8 Å². The number of hydrogen-bond donors (Lipinski definition) is 2. The molecule has 5 nitrogen and oxygen atoms in total. The second-order valence-corrected chi connectivity index (χ2v) is 3.87. The minimum Gasteiger partial charge on any atom is -0.294 e. The molecular weight excluding hydrogens is 249 g/mol. The first-order valence-corrected chi connectivity index (χ1v) is 5.52. The molecule has 0 saturated heterocycles. The number of carbonyl (C=O) groups is 1. The maximum atomic E-state index is 12.3. The van der Waals surface area contributed by atoms with Crippen LogP contribution in [-0.2, 0) is 17.5 Å². The number of nitrogens with zero attached hydrogens (tertiary/aromatic N) is 2. The van der Waals surface area contributed by atoms with E-state index in [2.05, 4.69) is 5.10 Å². The highest BCUT2D eigenvalue weighted by Crippen LogP contribution is 2.28. The quantitative estimate of drug-likeness (QED) is 0.353. The summed E-state index contributed by atoms with van der Waals surface area (Å²) >= 11 is 0. The Balaban J connectivity index is 2.24. The van der Waals surface area contributed by atoms with Gasteiger partial charge in [-0.25, -0.2) is 5.84 Å². The fourth-order valence-electron chi connectivity index (χ4n) is 1.44. The van der Waals surface area contributed by atoms with Crippen molar-refractivity contribution in [3.05, 3.63) is 18.0 Å². The summed E-state index contributed by atoms with van der Waals surface area (Å²) in [4.78, 5) is 10.8. The Morgan fingerprint density at radius 3 is 2.67 bits per heavy atom. The van der Waals surface area contributed by atoms with Gasteiger partial charge in [-0.3, -0.25) is 14.9 Å². The van der Waals surface area contributed by atoms with Crippen LogP contribution in [0.25, 0.3) is 0 Å². The number of hydrogen-bond acceptors (Lipinski definition) is 3. The topological polar surface area (TPSA) is 72.9 Å². The van der Waals surface area contributed by atoms with Crippen molar-refractivity contribution in [1.82, 2.24) is 15.2 Å². The second-order valence-electron chi connectivity index (χ2n) is 3.87. The molecule has 0 atom stereocenters. The van der Waals surface area contributed by atoms with Crippen molar-refractivity contribution in [3.63, 3.8) is 0 Å². The van der Waals surface area contributed by atoms with Crippen LogP contribution in [0.1, 0.15) is 31.2 Å². The van der Waals surface area contributed by atoms with Gasteiger partial charge in [0.2, 0.25) is 5.91 Å². The van der Waals surface area contributed by atoms with Gasteiger partial charge in [0.15, 0.2) is 0 Å². The normalized spacial score (nSPS) is 11.6. The highest BCUT2D eigenvalue weighted by atomic mass is 19.4. The molecule has 1 amide bonds. The molecule has 0 saturated carbocycles. The molecule has 1 heterocycles. The molecule has 0 bridgehead atoms. The van der Waals surface area contributed by atoms with Gasteiger partial charge in [0.1, 0.15) is 0 Å². The molecule has 3 N–H and O–H groups in total. The number of nitrogens with two attached hydrogens (primary N) is 1. The standard InChI is InChI=1S/C10H15F3N4O/c11-10(12,13)8-6-15-17(7-8)5-3-1-2-4-9(18)16-14/h6-7H,1-5,14H2,(H,16,18). The molecule has 8 heteroatoms. The molecule has 0 spiro atoms. The molecule has 0 aliphatic rings. The number of carbonyl (C=O) groups excluding carboxylic acids is 1. The van der Waals surface area contributed by atoms with E-state index in [1.54, 1.807) is 0 Å². The van der Waals surface area contributed by atoms with E-state index < -0.39 is 11.7 Å². The number of aromatic nitrogens is 2. The Labute approximate surface area is 102 Å². The summed E-state index contributed by atoms with van der Waals surface area (Å²) in [6.45, 7) is 0.403. The maximum Gasteiger partial charge on any atom is 0.419 e. The lowest BCUT2D eigenvalue weighted by Gasteiger charge is -2.03.